The summed E-state index contributed by atoms with van der Waals surface area (Å²) in [6.45, 7) is 13.9. The van der Waals surface area contributed by atoms with Gasteiger partial charge in [0.1, 0.15) is 23.2 Å². The maximum atomic E-state index is 13.4. The Balaban J connectivity index is 2.22. The standard InChI is InChI=1S/C22H35N3O7/c1-8-12-10-22(12,18(29)30)24-16(27)14-9-13(26)11-25(14)17(28)15(20(2,3)4)23-19(31)32-21(5,6)7/h8,12-15,26H,1,9-11H2,2-7H3,(H,23,31)(H,24,27)(H,29,30)/t12?,13-,14+,15-,22?/m1/s1. The number of alkyl carbamates (subject to hydrolysis) is 1. The van der Waals surface area contributed by atoms with Crippen molar-refractivity contribution in [2.75, 3.05) is 6.54 Å². The lowest BCUT2D eigenvalue weighted by atomic mass is 9.85. The molecule has 0 aromatic carbocycles. The third-order valence-electron chi connectivity index (χ3n) is 5.67. The molecule has 2 aliphatic rings. The summed E-state index contributed by atoms with van der Waals surface area (Å²) in [7, 11) is 0. The van der Waals surface area contributed by atoms with Gasteiger partial charge >= 0.3 is 12.1 Å². The molecule has 1 saturated carbocycles. The lowest BCUT2D eigenvalue weighted by Gasteiger charge is -2.35. The van der Waals surface area contributed by atoms with Crippen LogP contribution in [-0.4, -0.2) is 74.9 Å². The minimum absolute atomic E-state index is 0.0324. The van der Waals surface area contributed by atoms with E-state index in [4.69, 9.17) is 4.74 Å². The number of carboxylic acids is 1. The predicted molar refractivity (Wildman–Crippen MR) is 116 cm³/mol. The van der Waals surface area contributed by atoms with Gasteiger partial charge in [0.05, 0.1) is 6.10 Å². The number of carbonyl (C=O) groups excluding carboxylic acids is 3. The zero-order chi connectivity index (χ0) is 24.6. The normalized spacial score (nSPS) is 28.5. The minimum Gasteiger partial charge on any atom is -0.479 e. The van der Waals surface area contributed by atoms with Crippen LogP contribution in [0.2, 0.25) is 0 Å². The number of nitrogens with one attached hydrogen (secondary N) is 2. The Bertz CT molecular complexity index is 798. The molecular formula is C22H35N3O7. The fourth-order valence-electron chi connectivity index (χ4n) is 3.86. The summed E-state index contributed by atoms with van der Waals surface area (Å²) in [6, 6.07) is -2.10. The topological polar surface area (TPSA) is 145 Å². The molecule has 10 heteroatoms. The van der Waals surface area contributed by atoms with Gasteiger partial charge in [-0.1, -0.05) is 26.8 Å². The number of aliphatic hydroxyl groups excluding tert-OH is 1. The van der Waals surface area contributed by atoms with Gasteiger partial charge in [0.2, 0.25) is 11.8 Å². The highest BCUT2D eigenvalue weighted by Crippen LogP contribution is 2.44. The smallest absolute Gasteiger partial charge is 0.408 e. The molecule has 2 rings (SSSR count). The van der Waals surface area contributed by atoms with Crippen molar-refractivity contribution in [1.82, 2.24) is 15.5 Å². The van der Waals surface area contributed by atoms with Crippen LogP contribution in [0.25, 0.3) is 0 Å². The number of hydrogen-bond donors (Lipinski definition) is 4. The van der Waals surface area contributed by atoms with Crippen LogP contribution in [0.3, 0.4) is 0 Å². The molecule has 180 valence electrons. The summed E-state index contributed by atoms with van der Waals surface area (Å²) >= 11 is 0. The van der Waals surface area contributed by atoms with Crippen LogP contribution in [-0.2, 0) is 19.1 Å². The van der Waals surface area contributed by atoms with E-state index in [1.54, 1.807) is 41.5 Å². The fourth-order valence-corrected chi connectivity index (χ4v) is 3.86. The van der Waals surface area contributed by atoms with E-state index in [-0.39, 0.29) is 19.4 Å². The zero-order valence-electron chi connectivity index (χ0n) is 19.6. The Morgan fingerprint density at radius 3 is 2.22 bits per heavy atom. The quantitative estimate of drug-likeness (QED) is 0.440. The number of carbonyl (C=O) groups is 4. The monoisotopic (exact) mass is 453 g/mol. The third kappa shape index (κ3) is 5.59. The van der Waals surface area contributed by atoms with Gasteiger partial charge in [-0.2, -0.15) is 0 Å². The molecule has 0 bridgehead atoms. The highest BCUT2D eigenvalue weighted by atomic mass is 16.6. The number of nitrogens with zero attached hydrogens (tertiary/aromatic N) is 1. The lowest BCUT2D eigenvalue weighted by Crippen LogP contribution is -2.59. The summed E-state index contributed by atoms with van der Waals surface area (Å²) in [5.74, 6) is -2.80. The number of β-amino-alcohol motifs (C(OH)–C–C–N with tert-alkyl or cyclic N) is 1. The van der Waals surface area contributed by atoms with Gasteiger partial charge in [-0.15, -0.1) is 6.58 Å². The summed E-state index contributed by atoms with van der Waals surface area (Å²) in [4.78, 5) is 51.7. The van der Waals surface area contributed by atoms with E-state index in [9.17, 15) is 29.4 Å². The number of carboxylic acid groups (broad SMARTS) is 1. The number of hydrogen-bond acceptors (Lipinski definition) is 6. The molecule has 3 amide bonds. The molecular weight excluding hydrogens is 418 g/mol. The number of aliphatic carboxylic acids is 1. The number of rotatable bonds is 6. The molecule has 2 unspecified atom stereocenters. The van der Waals surface area contributed by atoms with E-state index in [0.717, 1.165) is 0 Å². The van der Waals surface area contributed by atoms with Gasteiger partial charge in [0, 0.05) is 18.9 Å². The molecule has 32 heavy (non-hydrogen) atoms. The van der Waals surface area contributed by atoms with Crippen molar-refractivity contribution >= 4 is 23.9 Å². The van der Waals surface area contributed by atoms with E-state index < -0.39 is 64.5 Å². The van der Waals surface area contributed by atoms with Crippen molar-refractivity contribution in [2.45, 2.75) is 83.7 Å². The summed E-state index contributed by atoms with van der Waals surface area (Å²) in [5, 5.41) is 24.9. The largest absolute Gasteiger partial charge is 0.479 e. The van der Waals surface area contributed by atoms with E-state index in [2.05, 4.69) is 17.2 Å². The molecule has 2 fully saturated rings. The summed E-state index contributed by atoms with van der Waals surface area (Å²) in [6.07, 6.45) is -0.0718. The second-order valence-electron chi connectivity index (χ2n) is 10.7. The summed E-state index contributed by atoms with van der Waals surface area (Å²) < 4.78 is 5.27. The highest BCUT2D eigenvalue weighted by Gasteiger charge is 2.61. The first-order valence-corrected chi connectivity index (χ1v) is 10.7. The molecule has 1 saturated heterocycles. The number of ether oxygens (including phenoxy) is 1. The van der Waals surface area contributed by atoms with Crippen molar-refractivity contribution < 1.29 is 34.1 Å². The van der Waals surface area contributed by atoms with E-state index >= 15 is 0 Å². The molecule has 5 atom stereocenters. The van der Waals surface area contributed by atoms with Gasteiger partial charge in [-0.25, -0.2) is 9.59 Å². The molecule has 0 radical (unpaired) electrons. The Morgan fingerprint density at radius 1 is 1.19 bits per heavy atom. The molecule has 0 aromatic rings. The maximum Gasteiger partial charge on any atom is 0.408 e. The molecule has 10 nitrogen and oxygen atoms in total. The molecule has 0 spiro atoms. The second kappa shape index (κ2) is 8.73. The number of aliphatic hydroxyl groups is 1. The van der Waals surface area contributed by atoms with Crippen LogP contribution in [0, 0.1) is 11.3 Å². The van der Waals surface area contributed by atoms with Crippen LogP contribution in [0.4, 0.5) is 4.79 Å². The first kappa shape index (κ1) is 25.6. The Kier molecular flexibility index (Phi) is 6.99. The van der Waals surface area contributed by atoms with Gasteiger partial charge in [-0.3, -0.25) is 9.59 Å². The Morgan fingerprint density at radius 2 is 1.78 bits per heavy atom. The van der Waals surface area contributed by atoms with Crippen LogP contribution in [0.5, 0.6) is 0 Å². The molecule has 0 aromatic heterocycles. The SMILES string of the molecule is C=CC1CC1(NC(=O)[C@@H]1C[C@@H](O)CN1C(=O)[C@@H](NC(=O)OC(C)(C)C)C(C)(C)C)C(=O)O. The van der Waals surface area contributed by atoms with Gasteiger partial charge in [-0.05, 0) is 32.6 Å². The lowest BCUT2D eigenvalue weighted by molar-refractivity contribution is -0.146. The molecule has 1 heterocycles. The highest BCUT2D eigenvalue weighted by molar-refractivity contribution is 5.96. The van der Waals surface area contributed by atoms with E-state index in [0.29, 0.717) is 0 Å². The van der Waals surface area contributed by atoms with Crippen molar-refractivity contribution in [3.8, 4) is 0 Å². The van der Waals surface area contributed by atoms with Crippen LogP contribution < -0.4 is 10.6 Å². The third-order valence-corrected chi connectivity index (χ3v) is 5.67. The number of amides is 3. The average molecular weight is 454 g/mol. The van der Waals surface area contributed by atoms with Gasteiger partial charge in [0.15, 0.2) is 0 Å². The van der Waals surface area contributed by atoms with Crippen molar-refractivity contribution in [3.63, 3.8) is 0 Å². The summed E-state index contributed by atoms with van der Waals surface area (Å²) in [5.41, 5.74) is -2.94. The fraction of sp³-hybridized carbons (Fsp3) is 0.727. The first-order chi connectivity index (χ1) is 14.5. The van der Waals surface area contributed by atoms with Crippen molar-refractivity contribution in [1.29, 1.82) is 0 Å². The van der Waals surface area contributed by atoms with Crippen LogP contribution in [0.15, 0.2) is 12.7 Å². The number of likely N-dealkylation sites (tertiary alicyclic amines) is 1. The van der Waals surface area contributed by atoms with Crippen molar-refractivity contribution in [3.05, 3.63) is 12.7 Å². The molecule has 4 N–H and O–H groups in total. The van der Waals surface area contributed by atoms with Gasteiger partial charge < -0.3 is 30.5 Å². The van der Waals surface area contributed by atoms with Gasteiger partial charge in [0.25, 0.3) is 0 Å². The Hall–Kier alpha value is -2.62. The second-order valence-corrected chi connectivity index (χ2v) is 10.7. The average Bonchev–Trinajstić information content (AvgIpc) is 3.20. The van der Waals surface area contributed by atoms with E-state index in [1.165, 1.54) is 11.0 Å². The molecule has 1 aliphatic heterocycles. The predicted octanol–water partition coefficient (Wildman–Crippen LogP) is 1.03. The molecule has 1 aliphatic carbocycles. The zero-order valence-corrected chi connectivity index (χ0v) is 19.6. The first-order valence-electron chi connectivity index (χ1n) is 10.7. The maximum absolute atomic E-state index is 13.4. The van der Waals surface area contributed by atoms with Crippen LogP contribution >= 0.6 is 0 Å². The minimum atomic E-state index is -1.45. The van der Waals surface area contributed by atoms with E-state index in [1.807, 2.05) is 0 Å². The van der Waals surface area contributed by atoms with Crippen LogP contribution in [0.1, 0.15) is 54.4 Å². The van der Waals surface area contributed by atoms with Crippen molar-refractivity contribution in [2.24, 2.45) is 11.3 Å². The Labute approximate surface area is 188 Å².